The van der Waals surface area contributed by atoms with Gasteiger partial charge in [0, 0.05) is 6.20 Å². The molecule has 0 aliphatic heterocycles. The summed E-state index contributed by atoms with van der Waals surface area (Å²) in [7, 11) is 1.23. The highest BCUT2D eigenvalue weighted by molar-refractivity contribution is 5.97. The van der Waals surface area contributed by atoms with Gasteiger partial charge in [0.2, 0.25) is 0 Å². The monoisotopic (exact) mass is 188 g/mol. The van der Waals surface area contributed by atoms with Crippen LogP contribution in [0, 0.1) is 11.3 Å². The first-order valence-corrected chi connectivity index (χ1v) is 3.89. The van der Waals surface area contributed by atoms with Gasteiger partial charge >= 0.3 is 5.97 Å². The Balaban J connectivity index is 2.97. The Morgan fingerprint density at radius 3 is 2.93 bits per heavy atom. The molecule has 0 aromatic carbocycles. The number of carbonyl (C=O) groups excluding carboxylic acids is 1. The molecule has 4 nitrogen and oxygen atoms in total. The molecule has 0 unspecified atom stereocenters. The van der Waals surface area contributed by atoms with Crippen molar-refractivity contribution < 1.29 is 9.53 Å². The van der Waals surface area contributed by atoms with Crippen molar-refractivity contribution in [1.82, 2.24) is 4.98 Å². The summed E-state index contributed by atoms with van der Waals surface area (Å²) in [5.41, 5.74) is 0.487. The molecule has 0 aliphatic carbocycles. The maximum absolute atomic E-state index is 11.0. The molecule has 1 aromatic heterocycles. The zero-order valence-electron chi connectivity index (χ0n) is 7.60. The van der Waals surface area contributed by atoms with Crippen LogP contribution in [0.3, 0.4) is 0 Å². The van der Waals surface area contributed by atoms with Crippen LogP contribution in [0.15, 0.2) is 30.0 Å². The van der Waals surface area contributed by atoms with Crippen LogP contribution in [-0.4, -0.2) is 18.1 Å². The van der Waals surface area contributed by atoms with Gasteiger partial charge in [0.05, 0.1) is 12.8 Å². The molecule has 1 heterocycles. The molecule has 0 radical (unpaired) electrons. The SMILES string of the molecule is COC(=O)/C(C#N)=C/c1ccccn1. The fourth-order valence-electron chi connectivity index (χ4n) is 0.856. The topological polar surface area (TPSA) is 63.0 Å². The van der Waals surface area contributed by atoms with Crippen molar-refractivity contribution in [2.45, 2.75) is 0 Å². The molecule has 0 fully saturated rings. The van der Waals surface area contributed by atoms with E-state index in [-0.39, 0.29) is 5.57 Å². The highest BCUT2D eigenvalue weighted by atomic mass is 16.5. The molecule has 70 valence electrons. The fraction of sp³-hybridized carbons (Fsp3) is 0.100. The van der Waals surface area contributed by atoms with Crippen LogP contribution in [0.2, 0.25) is 0 Å². The summed E-state index contributed by atoms with van der Waals surface area (Å²) in [5, 5.41) is 8.64. The van der Waals surface area contributed by atoms with Crippen molar-refractivity contribution in [2.75, 3.05) is 7.11 Å². The number of nitrogens with zero attached hydrogens (tertiary/aromatic N) is 2. The van der Waals surface area contributed by atoms with Gasteiger partial charge < -0.3 is 4.74 Å². The van der Waals surface area contributed by atoms with E-state index in [1.807, 2.05) is 0 Å². The molecule has 0 bridgehead atoms. The molecule has 0 aliphatic rings. The lowest BCUT2D eigenvalue weighted by Crippen LogP contribution is -2.02. The first kappa shape index (κ1) is 9.93. The molecule has 14 heavy (non-hydrogen) atoms. The second kappa shape index (κ2) is 4.77. The van der Waals surface area contributed by atoms with Crippen LogP contribution in [0.25, 0.3) is 6.08 Å². The van der Waals surface area contributed by atoms with Gasteiger partial charge in [0.15, 0.2) is 0 Å². The summed E-state index contributed by atoms with van der Waals surface area (Å²) in [6, 6.07) is 6.96. The molecule has 0 spiro atoms. The number of pyridine rings is 1. The first-order valence-electron chi connectivity index (χ1n) is 3.89. The molecule has 0 N–H and O–H groups in total. The van der Waals surface area contributed by atoms with Crippen molar-refractivity contribution in [3.8, 4) is 6.07 Å². The van der Waals surface area contributed by atoms with Gasteiger partial charge in [-0.25, -0.2) is 4.79 Å². The largest absolute Gasteiger partial charge is 0.465 e. The van der Waals surface area contributed by atoms with Crippen LogP contribution in [0.5, 0.6) is 0 Å². The second-order valence-corrected chi connectivity index (χ2v) is 2.42. The molecule has 1 rings (SSSR count). The summed E-state index contributed by atoms with van der Waals surface area (Å²) < 4.78 is 4.42. The zero-order valence-corrected chi connectivity index (χ0v) is 7.60. The number of carbonyl (C=O) groups is 1. The molecule has 0 saturated carbocycles. The second-order valence-electron chi connectivity index (χ2n) is 2.42. The Morgan fingerprint density at radius 1 is 1.64 bits per heavy atom. The summed E-state index contributed by atoms with van der Waals surface area (Å²) >= 11 is 0. The Labute approximate surface area is 81.5 Å². The molecule has 1 aromatic rings. The summed E-state index contributed by atoms with van der Waals surface area (Å²) in [6.07, 6.45) is 2.96. The van der Waals surface area contributed by atoms with Crippen LogP contribution >= 0.6 is 0 Å². The summed E-state index contributed by atoms with van der Waals surface area (Å²) in [6.45, 7) is 0. The van der Waals surface area contributed by atoms with E-state index in [0.717, 1.165) is 0 Å². The average molecular weight is 188 g/mol. The number of esters is 1. The van der Waals surface area contributed by atoms with Gasteiger partial charge in [-0.2, -0.15) is 5.26 Å². The van der Waals surface area contributed by atoms with Crippen molar-refractivity contribution in [1.29, 1.82) is 5.26 Å². The lowest BCUT2D eigenvalue weighted by molar-refractivity contribution is -0.135. The number of ether oxygens (including phenoxy) is 1. The molecule has 0 amide bonds. The minimum atomic E-state index is -0.654. The molecular weight excluding hydrogens is 180 g/mol. The van der Waals surface area contributed by atoms with Gasteiger partial charge in [-0.05, 0) is 18.2 Å². The molecule has 0 atom stereocenters. The maximum Gasteiger partial charge on any atom is 0.348 e. The molecule has 4 heteroatoms. The van der Waals surface area contributed by atoms with Crippen LogP contribution in [0.1, 0.15) is 5.69 Å². The van der Waals surface area contributed by atoms with Gasteiger partial charge in [-0.15, -0.1) is 0 Å². The third kappa shape index (κ3) is 2.42. The highest BCUT2D eigenvalue weighted by Crippen LogP contribution is 2.03. The van der Waals surface area contributed by atoms with Gasteiger partial charge in [-0.1, -0.05) is 6.07 Å². The predicted molar refractivity (Wildman–Crippen MR) is 49.8 cm³/mol. The van der Waals surface area contributed by atoms with Crippen LogP contribution < -0.4 is 0 Å². The smallest absolute Gasteiger partial charge is 0.348 e. The van der Waals surface area contributed by atoms with Gasteiger partial charge in [0.25, 0.3) is 0 Å². The van der Waals surface area contributed by atoms with E-state index in [1.165, 1.54) is 13.2 Å². The summed E-state index contributed by atoms with van der Waals surface area (Å²) in [4.78, 5) is 15.0. The number of methoxy groups -OCH3 is 1. The van der Waals surface area contributed by atoms with Crippen molar-refractivity contribution in [3.05, 3.63) is 35.7 Å². The van der Waals surface area contributed by atoms with E-state index in [9.17, 15) is 4.79 Å². The minimum Gasteiger partial charge on any atom is -0.465 e. The number of nitriles is 1. The van der Waals surface area contributed by atoms with Crippen LogP contribution in [0.4, 0.5) is 0 Å². The quantitative estimate of drug-likeness (QED) is 0.397. The maximum atomic E-state index is 11.0. The fourth-order valence-corrected chi connectivity index (χ4v) is 0.856. The Bertz CT molecular complexity index is 390. The zero-order chi connectivity index (χ0) is 10.4. The van der Waals surface area contributed by atoms with E-state index in [4.69, 9.17) is 5.26 Å². The molecular formula is C10H8N2O2. The lowest BCUT2D eigenvalue weighted by atomic mass is 10.2. The number of hydrogen-bond acceptors (Lipinski definition) is 4. The Kier molecular flexibility index (Phi) is 3.39. The minimum absolute atomic E-state index is 0.0637. The number of aromatic nitrogens is 1. The third-order valence-corrected chi connectivity index (χ3v) is 1.51. The van der Waals surface area contributed by atoms with Crippen molar-refractivity contribution in [2.24, 2.45) is 0 Å². The lowest BCUT2D eigenvalue weighted by Gasteiger charge is -1.95. The van der Waals surface area contributed by atoms with Gasteiger partial charge in [-0.3, -0.25) is 4.98 Å². The predicted octanol–water partition coefficient (Wildman–Crippen LogP) is 1.16. The highest BCUT2D eigenvalue weighted by Gasteiger charge is 2.08. The first-order chi connectivity index (χ1) is 6.77. The number of rotatable bonds is 2. The van der Waals surface area contributed by atoms with E-state index in [2.05, 4.69) is 9.72 Å². The van der Waals surface area contributed by atoms with E-state index in [1.54, 1.807) is 30.5 Å². The Morgan fingerprint density at radius 2 is 2.43 bits per heavy atom. The van der Waals surface area contributed by atoms with Crippen LogP contribution in [-0.2, 0) is 9.53 Å². The van der Waals surface area contributed by atoms with E-state index >= 15 is 0 Å². The normalized spacial score (nSPS) is 10.4. The third-order valence-electron chi connectivity index (χ3n) is 1.51. The van der Waals surface area contributed by atoms with E-state index < -0.39 is 5.97 Å². The van der Waals surface area contributed by atoms with Crippen molar-refractivity contribution >= 4 is 12.0 Å². The molecule has 0 saturated heterocycles. The number of hydrogen-bond donors (Lipinski definition) is 0. The van der Waals surface area contributed by atoms with Crippen molar-refractivity contribution in [3.63, 3.8) is 0 Å². The average Bonchev–Trinajstić information content (AvgIpc) is 2.26. The Hall–Kier alpha value is -2.15. The van der Waals surface area contributed by atoms with Gasteiger partial charge in [0.1, 0.15) is 11.6 Å². The summed E-state index contributed by atoms with van der Waals surface area (Å²) in [5.74, 6) is -0.654. The standard InChI is InChI=1S/C10H8N2O2/c1-14-10(13)8(7-11)6-9-4-2-3-5-12-9/h2-6H,1H3/b8-6+. The van der Waals surface area contributed by atoms with E-state index in [0.29, 0.717) is 5.69 Å².